The summed E-state index contributed by atoms with van der Waals surface area (Å²) in [5.41, 5.74) is 0. The van der Waals surface area contributed by atoms with Crippen molar-refractivity contribution in [3.63, 3.8) is 0 Å². The molecule has 0 aromatic rings. The van der Waals surface area contributed by atoms with Crippen molar-refractivity contribution in [2.24, 2.45) is 5.92 Å². The summed E-state index contributed by atoms with van der Waals surface area (Å²) in [4.78, 5) is 3.42. The number of halogens is 1. The number of nitrogens with one attached hydrogen (secondary N) is 2. The molecule has 2 saturated heterocycles. The van der Waals surface area contributed by atoms with Crippen molar-refractivity contribution in [3.8, 4) is 0 Å². The molecule has 4 fully saturated rings. The molecule has 7 atom stereocenters. The molecule has 2 heterocycles. The monoisotopic (exact) mass is 353 g/mol. The van der Waals surface area contributed by atoms with Crippen molar-refractivity contribution in [2.75, 3.05) is 6.54 Å². The van der Waals surface area contributed by atoms with Gasteiger partial charge in [-0.3, -0.25) is 10.2 Å². The Hall–Kier alpha value is 0.100. The summed E-state index contributed by atoms with van der Waals surface area (Å²) in [5, 5.41) is 8.09. The molecule has 2 aliphatic carbocycles. The molecular weight excluding hydrogens is 326 g/mol. The third-order valence-electron chi connectivity index (χ3n) is 6.28. The summed E-state index contributed by atoms with van der Waals surface area (Å²) in [5.74, 6) is 0.795. The first-order valence-electron chi connectivity index (χ1n) is 8.80. The fraction of sp³-hybridized carbons (Fsp3) is 0.882. The maximum atomic E-state index is 4.07. The zero-order valence-corrected chi connectivity index (χ0v) is 14.4. The molecule has 0 bridgehead atoms. The Labute approximate surface area is 137 Å². The van der Waals surface area contributed by atoms with Gasteiger partial charge in [-0.1, -0.05) is 34.8 Å². The lowest BCUT2D eigenvalue weighted by atomic mass is 9.79. The van der Waals surface area contributed by atoms with Crippen LogP contribution in [-0.4, -0.2) is 46.6 Å². The van der Waals surface area contributed by atoms with Gasteiger partial charge < -0.3 is 5.32 Å². The number of hydrogen-bond donors (Lipinski definition) is 2. The molecule has 4 rings (SSSR count). The van der Waals surface area contributed by atoms with E-state index in [1.54, 1.807) is 0 Å². The Kier molecular flexibility index (Phi) is 4.16. The van der Waals surface area contributed by atoms with Crippen LogP contribution in [-0.2, 0) is 0 Å². The van der Waals surface area contributed by atoms with Gasteiger partial charge in [0.2, 0.25) is 0 Å². The molecular formula is C17H28BrN3. The minimum absolute atomic E-state index is 0.523. The van der Waals surface area contributed by atoms with E-state index in [4.69, 9.17) is 0 Å². The summed E-state index contributed by atoms with van der Waals surface area (Å²) < 4.78 is 0. The third kappa shape index (κ3) is 2.52. The van der Waals surface area contributed by atoms with Gasteiger partial charge in [-0.05, 0) is 38.0 Å². The average molecular weight is 354 g/mol. The zero-order valence-electron chi connectivity index (χ0n) is 12.8. The summed E-state index contributed by atoms with van der Waals surface area (Å²) in [6.07, 6.45) is 12.1. The predicted molar refractivity (Wildman–Crippen MR) is 90.6 cm³/mol. The predicted octanol–water partition coefficient (Wildman–Crippen LogP) is 2.62. The summed E-state index contributed by atoms with van der Waals surface area (Å²) >= 11 is 3.88. The van der Waals surface area contributed by atoms with E-state index in [9.17, 15) is 0 Å². The van der Waals surface area contributed by atoms with Gasteiger partial charge in [-0.25, -0.2) is 0 Å². The molecule has 2 aliphatic heterocycles. The number of likely N-dealkylation sites (tertiary alicyclic amines) is 1. The second-order valence-electron chi connectivity index (χ2n) is 7.43. The van der Waals surface area contributed by atoms with Crippen molar-refractivity contribution in [2.45, 2.75) is 80.1 Å². The van der Waals surface area contributed by atoms with Crippen molar-refractivity contribution in [1.82, 2.24) is 15.5 Å². The van der Waals surface area contributed by atoms with Crippen LogP contribution in [0, 0.1) is 5.92 Å². The fourth-order valence-corrected chi connectivity index (χ4v) is 6.08. The number of rotatable bonds is 2. The Bertz CT molecular complexity index is 401. The average Bonchev–Trinajstić information content (AvgIpc) is 2.79. The van der Waals surface area contributed by atoms with Gasteiger partial charge in [0.25, 0.3) is 0 Å². The maximum absolute atomic E-state index is 4.07. The highest BCUT2D eigenvalue weighted by molar-refractivity contribution is 9.09. The van der Waals surface area contributed by atoms with Gasteiger partial charge in [0.1, 0.15) is 0 Å². The minimum atomic E-state index is 0.523. The van der Waals surface area contributed by atoms with Crippen LogP contribution in [0.15, 0.2) is 12.7 Å². The normalized spacial score (nSPS) is 50.0. The molecule has 7 unspecified atom stereocenters. The van der Waals surface area contributed by atoms with Gasteiger partial charge in [-0.2, -0.15) is 0 Å². The first kappa shape index (κ1) is 14.7. The smallest absolute Gasteiger partial charge is 0.0766 e. The van der Waals surface area contributed by atoms with E-state index in [-0.39, 0.29) is 0 Å². The van der Waals surface area contributed by atoms with Gasteiger partial charge in [0.05, 0.1) is 6.17 Å². The lowest BCUT2D eigenvalue weighted by Gasteiger charge is -2.46. The van der Waals surface area contributed by atoms with E-state index in [0.717, 1.165) is 18.5 Å². The number of fused-ring (bicyclic) bond motifs is 4. The molecule has 3 nitrogen and oxygen atoms in total. The van der Waals surface area contributed by atoms with E-state index in [1.165, 1.54) is 44.9 Å². The number of nitrogens with zero attached hydrogens (tertiary/aromatic N) is 1. The van der Waals surface area contributed by atoms with Crippen molar-refractivity contribution in [3.05, 3.63) is 12.7 Å². The Morgan fingerprint density at radius 1 is 1.10 bits per heavy atom. The fourth-order valence-electron chi connectivity index (χ4n) is 5.39. The highest BCUT2D eigenvalue weighted by Gasteiger charge is 2.53. The first-order chi connectivity index (χ1) is 10.3. The molecule has 0 spiro atoms. The van der Waals surface area contributed by atoms with E-state index in [2.05, 4.69) is 44.1 Å². The molecule has 0 aromatic heterocycles. The van der Waals surface area contributed by atoms with Crippen LogP contribution < -0.4 is 10.6 Å². The molecule has 0 radical (unpaired) electrons. The zero-order chi connectivity index (χ0) is 14.4. The Morgan fingerprint density at radius 3 is 2.62 bits per heavy atom. The lowest BCUT2D eigenvalue weighted by molar-refractivity contribution is 0.0987. The highest BCUT2D eigenvalue weighted by atomic mass is 79.9. The standard InChI is InChI=1S/C17H28BrN3/c1-2-9-21-15-8-7-11(18)10-12(15)16-17(21)20-14-6-4-3-5-13(14)19-16/h2,11-17,19-20H,1,3-10H2. The highest BCUT2D eigenvalue weighted by Crippen LogP contribution is 2.43. The van der Waals surface area contributed by atoms with Gasteiger partial charge >= 0.3 is 0 Å². The summed E-state index contributed by atoms with van der Waals surface area (Å²) in [6.45, 7) is 5.03. The topological polar surface area (TPSA) is 27.3 Å². The van der Waals surface area contributed by atoms with Crippen LogP contribution in [0.4, 0.5) is 0 Å². The molecule has 4 heteroatoms. The largest absolute Gasteiger partial charge is 0.307 e. The van der Waals surface area contributed by atoms with Crippen LogP contribution in [0.2, 0.25) is 0 Å². The summed E-state index contributed by atoms with van der Waals surface area (Å²) in [7, 11) is 0. The number of hydrogen-bond acceptors (Lipinski definition) is 3. The third-order valence-corrected chi connectivity index (χ3v) is 7.11. The van der Waals surface area contributed by atoms with Gasteiger partial charge in [-0.15, -0.1) is 6.58 Å². The number of piperazine rings is 1. The van der Waals surface area contributed by atoms with E-state index in [1.807, 2.05) is 0 Å². The van der Waals surface area contributed by atoms with E-state index >= 15 is 0 Å². The molecule has 118 valence electrons. The molecule has 0 aromatic carbocycles. The molecule has 21 heavy (non-hydrogen) atoms. The van der Waals surface area contributed by atoms with Crippen LogP contribution in [0.5, 0.6) is 0 Å². The minimum Gasteiger partial charge on any atom is -0.307 e. The maximum Gasteiger partial charge on any atom is 0.0766 e. The molecule has 2 N–H and O–H groups in total. The number of alkyl halides is 1. The molecule has 4 aliphatic rings. The lowest BCUT2D eigenvalue weighted by Crippen LogP contribution is -2.68. The summed E-state index contributed by atoms with van der Waals surface area (Å²) in [6, 6.07) is 2.77. The second-order valence-corrected chi connectivity index (χ2v) is 8.72. The van der Waals surface area contributed by atoms with Crippen LogP contribution in [0.1, 0.15) is 44.9 Å². The Morgan fingerprint density at radius 2 is 1.86 bits per heavy atom. The second kappa shape index (κ2) is 5.95. The van der Waals surface area contributed by atoms with Crippen molar-refractivity contribution < 1.29 is 0 Å². The SMILES string of the molecule is C=CCN1C2CCC(Br)CC2C2NC3CCCCC3NC21. The van der Waals surface area contributed by atoms with Gasteiger partial charge in [0, 0.05) is 35.5 Å². The van der Waals surface area contributed by atoms with E-state index < -0.39 is 0 Å². The van der Waals surface area contributed by atoms with Crippen molar-refractivity contribution >= 4 is 15.9 Å². The quantitative estimate of drug-likeness (QED) is 0.590. The van der Waals surface area contributed by atoms with Crippen LogP contribution in [0.3, 0.4) is 0 Å². The van der Waals surface area contributed by atoms with Crippen molar-refractivity contribution in [1.29, 1.82) is 0 Å². The molecule has 0 amide bonds. The van der Waals surface area contributed by atoms with E-state index in [0.29, 0.717) is 29.1 Å². The Balaban J connectivity index is 1.58. The molecule has 2 saturated carbocycles. The van der Waals surface area contributed by atoms with Gasteiger partial charge in [0.15, 0.2) is 0 Å². The van der Waals surface area contributed by atoms with Crippen LogP contribution >= 0.6 is 15.9 Å². The first-order valence-corrected chi connectivity index (χ1v) is 9.72. The van der Waals surface area contributed by atoms with Crippen LogP contribution in [0.25, 0.3) is 0 Å².